The molecule has 1 atom stereocenters. The van der Waals surface area contributed by atoms with Crippen LogP contribution in [0.3, 0.4) is 0 Å². The zero-order chi connectivity index (χ0) is 18.1. The first-order valence-electron chi connectivity index (χ1n) is 9.41. The highest BCUT2D eigenvalue weighted by molar-refractivity contribution is 7.11. The number of carbonyl (C=O) groups excluding carboxylic acids is 1. The lowest BCUT2D eigenvalue weighted by Crippen LogP contribution is -2.41. The Hall–Kier alpha value is -2.02. The van der Waals surface area contributed by atoms with Crippen molar-refractivity contribution in [3.05, 3.63) is 43.8 Å². The van der Waals surface area contributed by atoms with Crippen molar-refractivity contribution in [3.8, 4) is 0 Å². The van der Waals surface area contributed by atoms with E-state index >= 15 is 0 Å². The molecule has 6 nitrogen and oxygen atoms in total. The third-order valence-electron chi connectivity index (χ3n) is 5.35. The molecule has 0 N–H and O–H groups in total. The van der Waals surface area contributed by atoms with Crippen LogP contribution in [0, 0.1) is 6.92 Å². The number of thiazole rings is 1. The molecule has 1 fully saturated rings. The highest BCUT2D eigenvalue weighted by Crippen LogP contribution is 2.22. The predicted molar refractivity (Wildman–Crippen MR) is 100 cm³/mol. The summed E-state index contributed by atoms with van der Waals surface area (Å²) in [4.78, 5) is 32.3. The van der Waals surface area contributed by atoms with Gasteiger partial charge in [-0.05, 0) is 51.0 Å². The van der Waals surface area contributed by atoms with Crippen LogP contribution >= 0.6 is 11.3 Å². The Morgan fingerprint density at radius 3 is 2.96 bits per heavy atom. The van der Waals surface area contributed by atoms with Gasteiger partial charge in [0.25, 0.3) is 5.56 Å². The molecule has 1 unspecified atom stereocenters. The molecule has 1 saturated heterocycles. The molecule has 2 aliphatic rings. The molecule has 0 bridgehead atoms. The molecule has 26 heavy (non-hydrogen) atoms. The number of amides is 1. The van der Waals surface area contributed by atoms with Crippen molar-refractivity contribution in [1.29, 1.82) is 0 Å². The number of hydrogen-bond donors (Lipinski definition) is 0. The fourth-order valence-corrected chi connectivity index (χ4v) is 4.81. The van der Waals surface area contributed by atoms with E-state index in [0.717, 1.165) is 66.2 Å². The van der Waals surface area contributed by atoms with Crippen molar-refractivity contribution < 1.29 is 4.79 Å². The van der Waals surface area contributed by atoms with E-state index in [1.165, 1.54) is 0 Å². The van der Waals surface area contributed by atoms with Gasteiger partial charge in [-0.1, -0.05) is 0 Å². The van der Waals surface area contributed by atoms with Gasteiger partial charge in [0.05, 0.1) is 29.7 Å². The maximum absolute atomic E-state index is 12.7. The van der Waals surface area contributed by atoms with Crippen molar-refractivity contribution in [2.24, 2.45) is 0 Å². The number of fused-ring (bicyclic) bond motifs is 1. The van der Waals surface area contributed by atoms with E-state index in [9.17, 15) is 9.59 Å². The van der Waals surface area contributed by atoms with Gasteiger partial charge in [0.15, 0.2) is 0 Å². The summed E-state index contributed by atoms with van der Waals surface area (Å²) in [6.45, 7) is 3.21. The number of likely N-dealkylation sites (tertiary alicyclic amines) is 1. The maximum Gasteiger partial charge on any atom is 0.267 e. The second-order valence-electron chi connectivity index (χ2n) is 7.25. The molecule has 3 heterocycles. The van der Waals surface area contributed by atoms with Crippen LogP contribution in [-0.4, -0.2) is 38.2 Å². The lowest BCUT2D eigenvalue weighted by Gasteiger charge is -2.25. The zero-order valence-electron chi connectivity index (χ0n) is 15.1. The number of aryl methyl sites for hydroxylation is 3. The monoisotopic (exact) mass is 372 g/mol. The molecule has 1 amide bonds. The Morgan fingerprint density at radius 1 is 1.31 bits per heavy atom. The molecule has 138 valence electrons. The average Bonchev–Trinajstić information content (AvgIpc) is 3.24. The Morgan fingerprint density at radius 2 is 2.15 bits per heavy atom. The van der Waals surface area contributed by atoms with Crippen LogP contribution < -0.4 is 5.56 Å². The zero-order valence-corrected chi connectivity index (χ0v) is 15.9. The number of aromatic nitrogens is 3. The Balaban J connectivity index is 1.48. The first kappa shape index (κ1) is 17.4. The van der Waals surface area contributed by atoms with E-state index in [0.29, 0.717) is 13.0 Å². The first-order valence-corrected chi connectivity index (χ1v) is 10.2. The van der Waals surface area contributed by atoms with E-state index in [1.54, 1.807) is 28.3 Å². The molecule has 0 radical (unpaired) electrons. The summed E-state index contributed by atoms with van der Waals surface area (Å²) in [6.07, 6.45) is 8.29. The Labute approximate surface area is 156 Å². The summed E-state index contributed by atoms with van der Waals surface area (Å²) in [5.74, 6) is 0.127. The smallest absolute Gasteiger partial charge is 0.267 e. The summed E-state index contributed by atoms with van der Waals surface area (Å²) in [6, 6.07) is 1.81. The second-order valence-corrected chi connectivity index (χ2v) is 8.57. The van der Waals surface area contributed by atoms with Crippen molar-refractivity contribution in [2.45, 2.75) is 64.5 Å². The topological polar surface area (TPSA) is 68.1 Å². The third-order valence-corrected chi connectivity index (χ3v) is 6.26. The molecule has 2 aromatic heterocycles. The minimum absolute atomic E-state index is 0.0389. The van der Waals surface area contributed by atoms with Crippen LogP contribution in [0.2, 0.25) is 0 Å². The minimum Gasteiger partial charge on any atom is -0.338 e. The van der Waals surface area contributed by atoms with Crippen LogP contribution in [0.4, 0.5) is 0 Å². The summed E-state index contributed by atoms with van der Waals surface area (Å²) >= 11 is 1.57. The molecular weight excluding hydrogens is 348 g/mol. The van der Waals surface area contributed by atoms with Crippen LogP contribution in [0.1, 0.15) is 46.8 Å². The van der Waals surface area contributed by atoms with Gasteiger partial charge in [-0.25, -0.2) is 9.67 Å². The fraction of sp³-hybridized carbons (Fsp3) is 0.579. The summed E-state index contributed by atoms with van der Waals surface area (Å²) < 4.78 is 1.58. The van der Waals surface area contributed by atoms with Crippen LogP contribution in [0.5, 0.6) is 0 Å². The molecule has 0 saturated carbocycles. The molecule has 7 heteroatoms. The molecule has 4 rings (SSSR count). The van der Waals surface area contributed by atoms with E-state index in [1.807, 2.05) is 11.8 Å². The van der Waals surface area contributed by atoms with Gasteiger partial charge in [-0.15, -0.1) is 11.3 Å². The van der Waals surface area contributed by atoms with Gasteiger partial charge in [-0.2, -0.15) is 5.10 Å². The number of hydrogen-bond acceptors (Lipinski definition) is 5. The van der Waals surface area contributed by atoms with Crippen molar-refractivity contribution in [1.82, 2.24) is 19.7 Å². The molecule has 1 aliphatic heterocycles. The van der Waals surface area contributed by atoms with Crippen LogP contribution in [0.15, 0.2) is 17.1 Å². The number of nitrogens with zero attached hydrogens (tertiary/aromatic N) is 4. The third kappa shape index (κ3) is 3.58. The van der Waals surface area contributed by atoms with Gasteiger partial charge in [0.2, 0.25) is 5.91 Å². The fourth-order valence-electron chi connectivity index (χ4n) is 4.02. The SMILES string of the molecule is Cc1ncc(CC(=O)N2CCCC2Cn2nc3c(cc2=O)CCCC3)s1. The minimum atomic E-state index is -0.0389. The highest BCUT2D eigenvalue weighted by Gasteiger charge is 2.30. The predicted octanol–water partition coefficient (Wildman–Crippen LogP) is 2.12. The molecule has 1 aliphatic carbocycles. The van der Waals surface area contributed by atoms with Crippen molar-refractivity contribution >= 4 is 17.2 Å². The molecule has 0 aromatic carbocycles. The van der Waals surface area contributed by atoms with Gasteiger partial charge >= 0.3 is 0 Å². The molecule has 0 spiro atoms. The first-order chi connectivity index (χ1) is 12.6. The van der Waals surface area contributed by atoms with E-state index in [-0.39, 0.29) is 17.5 Å². The summed E-state index contributed by atoms with van der Waals surface area (Å²) in [7, 11) is 0. The average molecular weight is 372 g/mol. The normalized spacial score (nSPS) is 19.6. The lowest BCUT2D eigenvalue weighted by atomic mass is 9.97. The largest absolute Gasteiger partial charge is 0.338 e. The summed E-state index contributed by atoms with van der Waals surface area (Å²) in [5.41, 5.74) is 2.13. The quantitative estimate of drug-likeness (QED) is 0.824. The van der Waals surface area contributed by atoms with Crippen molar-refractivity contribution in [2.75, 3.05) is 6.54 Å². The van der Waals surface area contributed by atoms with Gasteiger partial charge in [0.1, 0.15) is 0 Å². The summed E-state index contributed by atoms with van der Waals surface area (Å²) in [5, 5.41) is 5.60. The number of carbonyl (C=O) groups is 1. The maximum atomic E-state index is 12.7. The van der Waals surface area contributed by atoms with Crippen molar-refractivity contribution in [3.63, 3.8) is 0 Å². The van der Waals surface area contributed by atoms with Gasteiger partial charge in [-0.3, -0.25) is 9.59 Å². The van der Waals surface area contributed by atoms with Gasteiger partial charge < -0.3 is 4.90 Å². The second kappa shape index (κ2) is 7.31. The standard InChI is InChI=1S/C19H24N4O2S/c1-13-20-11-16(26-13)10-18(24)22-8-4-6-15(22)12-23-19(25)9-14-5-2-3-7-17(14)21-23/h9,11,15H,2-8,10,12H2,1H3. The Kier molecular flexibility index (Phi) is 4.89. The van der Waals surface area contributed by atoms with Crippen LogP contribution in [0.25, 0.3) is 0 Å². The van der Waals surface area contributed by atoms with E-state index < -0.39 is 0 Å². The van der Waals surface area contributed by atoms with Gasteiger partial charge in [0, 0.05) is 23.7 Å². The Bertz CT molecular complexity index is 873. The molecule has 2 aromatic rings. The number of rotatable bonds is 4. The molecular formula is C19H24N4O2S. The van der Waals surface area contributed by atoms with E-state index in [4.69, 9.17) is 0 Å². The lowest BCUT2D eigenvalue weighted by molar-refractivity contribution is -0.131. The highest BCUT2D eigenvalue weighted by atomic mass is 32.1. The van der Waals surface area contributed by atoms with Crippen LogP contribution in [-0.2, 0) is 30.6 Å². The van der Waals surface area contributed by atoms with E-state index in [2.05, 4.69) is 10.1 Å².